The molecule has 0 saturated carbocycles. The number of hydrogen-bond acceptors (Lipinski definition) is 2. The van der Waals surface area contributed by atoms with Gasteiger partial charge in [-0.05, 0) is 42.7 Å². The number of nitrogens with one attached hydrogen (secondary N) is 1. The number of pyridine rings is 1. The third kappa shape index (κ3) is 2.86. The summed E-state index contributed by atoms with van der Waals surface area (Å²) >= 11 is 5.16. The second kappa shape index (κ2) is 4.88. The summed E-state index contributed by atoms with van der Waals surface area (Å²) in [5.41, 5.74) is 2.24. The van der Waals surface area contributed by atoms with Gasteiger partial charge >= 0.3 is 0 Å². The van der Waals surface area contributed by atoms with Crippen molar-refractivity contribution < 1.29 is 4.74 Å². The predicted molar refractivity (Wildman–Crippen MR) is 74.2 cm³/mol. The average Bonchev–Trinajstić information content (AvgIpc) is 2.26. The summed E-state index contributed by atoms with van der Waals surface area (Å²) in [5, 5.41) is 1.17. The number of aryl methyl sites for hydroxylation is 1. The molecule has 0 aliphatic rings. The van der Waals surface area contributed by atoms with Gasteiger partial charge in [0.25, 0.3) is 0 Å². The highest BCUT2D eigenvalue weighted by Gasteiger charge is 2.02. The van der Waals surface area contributed by atoms with Crippen molar-refractivity contribution in [2.24, 2.45) is 5.92 Å². The molecule has 0 fully saturated rings. The van der Waals surface area contributed by atoms with Crippen LogP contribution in [0.2, 0.25) is 0 Å². The molecule has 0 atom stereocenters. The second-order valence-electron chi connectivity index (χ2n) is 4.73. The number of aromatic amines is 1. The van der Waals surface area contributed by atoms with E-state index in [9.17, 15) is 0 Å². The Balaban J connectivity index is 2.40. The molecule has 2 aromatic rings. The molecule has 0 aliphatic heterocycles. The monoisotopic (exact) mass is 247 g/mol. The van der Waals surface area contributed by atoms with E-state index >= 15 is 0 Å². The van der Waals surface area contributed by atoms with Crippen molar-refractivity contribution in [2.75, 3.05) is 6.61 Å². The van der Waals surface area contributed by atoms with Crippen LogP contribution in [-0.4, -0.2) is 11.6 Å². The highest BCUT2D eigenvalue weighted by Crippen LogP contribution is 2.22. The van der Waals surface area contributed by atoms with E-state index in [-0.39, 0.29) is 0 Å². The number of fused-ring (bicyclic) bond motifs is 1. The first-order valence-corrected chi connectivity index (χ1v) is 6.23. The van der Waals surface area contributed by atoms with Gasteiger partial charge in [-0.25, -0.2) is 0 Å². The van der Waals surface area contributed by atoms with Gasteiger partial charge in [0.1, 0.15) is 10.4 Å². The van der Waals surface area contributed by atoms with Crippen molar-refractivity contribution in [3.05, 3.63) is 34.5 Å². The summed E-state index contributed by atoms with van der Waals surface area (Å²) in [4.78, 5) is 3.18. The normalized spacial score (nSPS) is 11.1. The van der Waals surface area contributed by atoms with Crippen molar-refractivity contribution in [1.29, 1.82) is 0 Å². The van der Waals surface area contributed by atoms with Crippen molar-refractivity contribution in [2.45, 2.75) is 20.8 Å². The van der Waals surface area contributed by atoms with Crippen LogP contribution < -0.4 is 4.74 Å². The summed E-state index contributed by atoms with van der Waals surface area (Å²) in [6.45, 7) is 7.10. The Kier molecular flexibility index (Phi) is 3.48. The lowest BCUT2D eigenvalue weighted by Gasteiger charge is -2.10. The summed E-state index contributed by atoms with van der Waals surface area (Å²) in [5.74, 6) is 1.45. The van der Waals surface area contributed by atoms with Crippen LogP contribution in [-0.2, 0) is 0 Å². The molecule has 0 saturated heterocycles. The first kappa shape index (κ1) is 12.1. The Morgan fingerprint density at radius 2 is 2.06 bits per heavy atom. The number of rotatable bonds is 3. The first-order valence-electron chi connectivity index (χ1n) is 5.83. The largest absolute Gasteiger partial charge is 0.493 e. The third-order valence-corrected chi connectivity index (χ3v) is 2.82. The molecule has 1 aromatic carbocycles. The van der Waals surface area contributed by atoms with Crippen molar-refractivity contribution in [3.63, 3.8) is 0 Å². The van der Waals surface area contributed by atoms with Crippen LogP contribution in [0.25, 0.3) is 10.9 Å². The van der Waals surface area contributed by atoms with Gasteiger partial charge < -0.3 is 9.72 Å². The predicted octanol–water partition coefficient (Wildman–Crippen LogP) is 4.24. The van der Waals surface area contributed by atoms with Crippen LogP contribution in [0.3, 0.4) is 0 Å². The Hall–Kier alpha value is -1.35. The lowest BCUT2D eigenvalue weighted by atomic mass is 10.1. The van der Waals surface area contributed by atoms with Crippen LogP contribution in [0, 0.1) is 17.5 Å². The van der Waals surface area contributed by atoms with Crippen LogP contribution >= 0.6 is 12.2 Å². The quantitative estimate of drug-likeness (QED) is 0.821. The molecule has 1 aromatic heterocycles. The summed E-state index contributed by atoms with van der Waals surface area (Å²) in [6.07, 6.45) is 0. The molecule has 0 radical (unpaired) electrons. The SMILES string of the molecule is Cc1cc(=S)[nH]c2ccc(OCC(C)C)cc12. The molecular weight excluding hydrogens is 230 g/mol. The Bertz CT molecular complexity index is 586. The van der Waals surface area contributed by atoms with Gasteiger partial charge in [0.15, 0.2) is 0 Å². The Labute approximate surface area is 107 Å². The van der Waals surface area contributed by atoms with Gasteiger partial charge in [-0.3, -0.25) is 0 Å². The maximum absolute atomic E-state index is 5.72. The summed E-state index contributed by atoms with van der Waals surface area (Å²) in [7, 11) is 0. The molecule has 0 spiro atoms. The van der Waals surface area contributed by atoms with Crippen LogP contribution in [0.4, 0.5) is 0 Å². The third-order valence-electron chi connectivity index (χ3n) is 2.60. The van der Waals surface area contributed by atoms with E-state index in [1.807, 2.05) is 18.2 Å². The van der Waals surface area contributed by atoms with E-state index in [1.54, 1.807) is 0 Å². The lowest BCUT2D eigenvalue weighted by Crippen LogP contribution is -2.04. The standard InChI is InChI=1S/C14H17NOS/c1-9(2)8-16-11-4-5-13-12(7-11)10(3)6-14(17)15-13/h4-7,9H,8H2,1-3H3,(H,15,17). The van der Waals surface area contributed by atoms with Gasteiger partial charge in [0.05, 0.1) is 6.61 Å². The van der Waals surface area contributed by atoms with Crippen molar-refractivity contribution >= 4 is 23.1 Å². The van der Waals surface area contributed by atoms with Gasteiger partial charge in [-0.1, -0.05) is 26.1 Å². The van der Waals surface area contributed by atoms with Crippen LogP contribution in [0.15, 0.2) is 24.3 Å². The highest BCUT2D eigenvalue weighted by atomic mass is 32.1. The fraction of sp³-hybridized carbons (Fsp3) is 0.357. The van der Waals surface area contributed by atoms with E-state index in [2.05, 4.69) is 31.8 Å². The van der Waals surface area contributed by atoms with Gasteiger partial charge in [0, 0.05) is 10.9 Å². The molecule has 0 unspecified atom stereocenters. The fourth-order valence-electron chi connectivity index (χ4n) is 1.75. The molecular formula is C14H17NOS. The molecule has 1 N–H and O–H groups in total. The van der Waals surface area contributed by atoms with E-state index in [0.717, 1.165) is 22.5 Å². The van der Waals surface area contributed by atoms with Gasteiger partial charge in [0.2, 0.25) is 0 Å². The van der Waals surface area contributed by atoms with E-state index in [4.69, 9.17) is 17.0 Å². The molecule has 3 heteroatoms. The second-order valence-corrected chi connectivity index (χ2v) is 5.17. The maximum Gasteiger partial charge on any atom is 0.120 e. The number of benzene rings is 1. The molecule has 0 aliphatic carbocycles. The van der Waals surface area contributed by atoms with E-state index in [1.165, 1.54) is 10.9 Å². The van der Waals surface area contributed by atoms with Gasteiger partial charge in [-0.2, -0.15) is 0 Å². The Morgan fingerprint density at radius 3 is 2.76 bits per heavy atom. The highest BCUT2D eigenvalue weighted by molar-refractivity contribution is 7.71. The zero-order valence-corrected chi connectivity index (χ0v) is 11.2. The maximum atomic E-state index is 5.72. The number of ether oxygens (including phenoxy) is 1. The minimum absolute atomic E-state index is 0.536. The average molecular weight is 247 g/mol. The fourth-order valence-corrected chi connectivity index (χ4v) is 2.04. The molecule has 1 heterocycles. The lowest BCUT2D eigenvalue weighted by molar-refractivity contribution is 0.271. The summed E-state index contributed by atoms with van der Waals surface area (Å²) in [6, 6.07) is 8.05. The zero-order chi connectivity index (χ0) is 12.4. The Morgan fingerprint density at radius 1 is 1.29 bits per heavy atom. The molecule has 2 nitrogen and oxygen atoms in total. The minimum Gasteiger partial charge on any atom is -0.493 e. The van der Waals surface area contributed by atoms with E-state index < -0.39 is 0 Å². The van der Waals surface area contributed by atoms with Crippen molar-refractivity contribution in [3.8, 4) is 5.75 Å². The smallest absolute Gasteiger partial charge is 0.120 e. The zero-order valence-electron chi connectivity index (χ0n) is 10.4. The van der Waals surface area contributed by atoms with Crippen molar-refractivity contribution in [1.82, 2.24) is 4.98 Å². The number of aromatic nitrogens is 1. The molecule has 2 rings (SSSR count). The molecule has 90 valence electrons. The van der Waals surface area contributed by atoms with Crippen LogP contribution in [0.5, 0.6) is 5.75 Å². The van der Waals surface area contributed by atoms with E-state index in [0.29, 0.717) is 5.92 Å². The number of hydrogen-bond donors (Lipinski definition) is 1. The summed E-state index contributed by atoms with van der Waals surface area (Å²) < 4.78 is 6.49. The minimum atomic E-state index is 0.536. The molecule has 17 heavy (non-hydrogen) atoms. The van der Waals surface area contributed by atoms with Gasteiger partial charge in [-0.15, -0.1) is 0 Å². The van der Waals surface area contributed by atoms with Crippen LogP contribution in [0.1, 0.15) is 19.4 Å². The molecule has 0 amide bonds. The topological polar surface area (TPSA) is 25.0 Å². The molecule has 0 bridgehead atoms. The number of H-pyrrole nitrogens is 1. The first-order chi connectivity index (χ1) is 8.06.